The van der Waals surface area contributed by atoms with Gasteiger partial charge in [-0.2, -0.15) is 0 Å². The number of thioether (sulfide) groups is 1. The minimum Gasteiger partial charge on any atom is -0.491 e. The first-order chi connectivity index (χ1) is 20.8. The van der Waals surface area contributed by atoms with Crippen molar-refractivity contribution in [1.29, 1.82) is 0 Å². The zero-order chi connectivity index (χ0) is 30.3. The van der Waals surface area contributed by atoms with Gasteiger partial charge in [-0.3, -0.25) is 19.3 Å². The summed E-state index contributed by atoms with van der Waals surface area (Å²) in [4.78, 5) is 39.8. The number of anilines is 1. The van der Waals surface area contributed by atoms with Crippen LogP contribution in [0, 0.1) is 6.92 Å². The van der Waals surface area contributed by atoms with Crippen molar-refractivity contribution >= 4 is 67.3 Å². The van der Waals surface area contributed by atoms with E-state index in [1.165, 1.54) is 4.90 Å². The Morgan fingerprint density at radius 3 is 2.56 bits per heavy atom. The molecule has 0 atom stereocenters. The summed E-state index contributed by atoms with van der Waals surface area (Å²) in [5.74, 6) is 0.746. The lowest BCUT2D eigenvalue weighted by atomic mass is 10.1. The van der Waals surface area contributed by atoms with Crippen LogP contribution in [0.1, 0.15) is 18.1 Å². The van der Waals surface area contributed by atoms with E-state index >= 15 is 0 Å². The van der Waals surface area contributed by atoms with Gasteiger partial charge in [-0.1, -0.05) is 48.5 Å². The van der Waals surface area contributed by atoms with Crippen LogP contribution >= 0.6 is 27.7 Å². The maximum Gasteiger partial charge on any atom is 0.293 e. The fraction of sp³-hybridized carbons (Fsp3) is 0.182. The zero-order valence-corrected chi connectivity index (χ0v) is 26.0. The highest BCUT2D eigenvalue weighted by Gasteiger charge is 2.35. The van der Waals surface area contributed by atoms with E-state index in [1.807, 2.05) is 74.5 Å². The number of carbonyl (C=O) groups excluding carboxylic acids is 3. The maximum atomic E-state index is 13.1. The van der Waals surface area contributed by atoms with Gasteiger partial charge in [-0.25, -0.2) is 0 Å². The molecular formula is C33H29BrN2O6S. The Bertz CT molecular complexity index is 1720. The van der Waals surface area contributed by atoms with E-state index in [4.69, 9.17) is 14.2 Å². The lowest BCUT2D eigenvalue weighted by Crippen LogP contribution is -2.32. The fourth-order valence-corrected chi connectivity index (χ4v) is 5.98. The van der Waals surface area contributed by atoms with E-state index in [2.05, 4.69) is 21.2 Å². The van der Waals surface area contributed by atoms with Crippen LogP contribution in [-0.4, -0.2) is 48.3 Å². The van der Waals surface area contributed by atoms with E-state index in [1.54, 1.807) is 24.3 Å². The summed E-state index contributed by atoms with van der Waals surface area (Å²) in [7, 11) is 0. The fourth-order valence-electron chi connectivity index (χ4n) is 4.54. The van der Waals surface area contributed by atoms with Gasteiger partial charge in [-0.15, -0.1) is 0 Å². The molecular weight excluding hydrogens is 632 g/mol. The average molecular weight is 662 g/mol. The van der Waals surface area contributed by atoms with Crippen LogP contribution in [-0.2, 0) is 9.59 Å². The summed E-state index contributed by atoms with van der Waals surface area (Å²) in [6.45, 7) is 4.20. The molecule has 8 nitrogen and oxygen atoms in total. The molecule has 3 amide bonds. The number of nitrogens with zero attached hydrogens (tertiary/aromatic N) is 1. The van der Waals surface area contributed by atoms with E-state index in [-0.39, 0.29) is 35.8 Å². The molecule has 4 aromatic carbocycles. The van der Waals surface area contributed by atoms with Crippen LogP contribution in [0.2, 0.25) is 0 Å². The second kappa shape index (κ2) is 13.8. The Hall–Kier alpha value is -4.28. The van der Waals surface area contributed by atoms with Crippen molar-refractivity contribution in [3.63, 3.8) is 0 Å². The van der Waals surface area contributed by atoms with Crippen LogP contribution in [0.25, 0.3) is 16.8 Å². The van der Waals surface area contributed by atoms with Gasteiger partial charge in [0.05, 0.1) is 22.5 Å². The van der Waals surface area contributed by atoms with Gasteiger partial charge in [0.2, 0.25) is 0 Å². The van der Waals surface area contributed by atoms with Gasteiger partial charge in [0.15, 0.2) is 18.1 Å². The minimum absolute atomic E-state index is 0.122. The monoisotopic (exact) mass is 660 g/mol. The van der Waals surface area contributed by atoms with Crippen LogP contribution in [0.3, 0.4) is 0 Å². The Labute approximate surface area is 262 Å². The minimum atomic E-state index is -0.390. The third-order valence-corrected chi connectivity index (χ3v) is 7.97. The first-order valence-corrected chi connectivity index (χ1v) is 15.2. The molecule has 43 heavy (non-hydrogen) atoms. The van der Waals surface area contributed by atoms with Gasteiger partial charge in [0.1, 0.15) is 12.4 Å². The Kier molecular flexibility index (Phi) is 9.68. The number of amides is 3. The van der Waals surface area contributed by atoms with Crippen LogP contribution in [0.5, 0.6) is 17.2 Å². The smallest absolute Gasteiger partial charge is 0.293 e. The van der Waals surface area contributed by atoms with Crippen molar-refractivity contribution in [3.05, 3.63) is 99.4 Å². The van der Waals surface area contributed by atoms with E-state index in [9.17, 15) is 14.4 Å². The van der Waals surface area contributed by atoms with Gasteiger partial charge in [-0.05, 0) is 94.5 Å². The Balaban J connectivity index is 1.24. The predicted octanol–water partition coefficient (Wildman–Crippen LogP) is 7.44. The molecule has 10 heteroatoms. The number of imide groups is 1. The summed E-state index contributed by atoms with van der Waals surface area (Å²) >= 11 is 4.38. The first-order valence-electron chi connectivity index (χ1n) is 13.6. The topological polar surface area (TPSA) is 94.2 Å². The number of carbonyl (C=O) groups is 3. The molecule has 1 fully saturated rings. The van der Waals surface area contributed by atoms with E-state index in [0.29, 0.717) is 39.6 Å². The molecule has 0 radical (unpaired) electrons. The standard InChI is InChI=1S/C33H29BrN2O6S/c1-3-40-28-18-22(17-26(34)31(28)42-20-30(37)35-24-11-6-8-21(2)16-24)19-29-32(38)36(33(39)43-29)14-15-41-27-13-7-10-23-9-4-5-12-25(23)27/h4-13,16-19H,3,14-15,20H2,1-2H3,(H,35,37)/b29-19-. The molecule has 1 N–H and O–H groups in total. The van der Waals surface area contributed by atoms with Crippen LogP contribution < -0.4 is 19.5 Å². The predicted molar refractivity (Wildman–Crippen MR) is 173 cm³/mol. The maximum absolute atomic E-state index is 13.1. The zero-order valence-electron chi connectivity index (χ0n) is 23.6. The second-order valence-electron chi connectivity index (χ2n) is 9.63. The number of hydrogen-bond acceptors (Lipinski definition) is 7. The van der Waals surface area contributed by atoms with Gasteiger partial charge < -0.3 is 19.5 Å². The van der Waals surface area contributed by atoms with Crippen molar-refractivity contribution < 1.29 is 28.6 Å². The molecule has 1 saturated heterocycles. The van der Waals surface area contributed by atoms with Crippen molar-refractivity contribution in [2.75, 3.05) is 31.7 Å². The summed E-state index contributed by atoms with van der Waals surface area (Å²) < 4.78 is 18.1. The van der Waals surface area contributed by atoms with E-state index < -0.39 is 5.91 Å². The highest BCUT2D eigenvalue weighted by atomic mass is 79.9. The third kappa shape index (κ3) is 7.39. The summed E-state index contributed by atoms with van der Waals surface area (Å²) in [6, 6.07) is 24.6. The molecule has 0 bridgehead atoms. The highest BCUT2D eigenvalue weighted by molar-refractivity contribution is 9.10. The molecule has 0 aliphatic carbocycles. The number of aryl methyl sites for hydroxylation is 1. The summed E-state index contributed by atoms with van der Waals surface area (Å²) in [5, 5.41) is 4.47. The lowest BCUT2D eigenvalue weighted by molar-refractivity contribution is -0.123. The van der Waals surface area contributed by atoms with Gasteiger partial charge >= 0.3 is 0 Å². The molecule has 0 spiro atoms. The number of hydrogen-bond donors (Lipinski definition) is 1. The average Bonchev–Trinajstić information content (AvgIpc) is 3.24. The number of rotatable bonds is 11. The van der Waals surface area contributed by atoms with E-state index in [0.717, 1.165) is 28.1 Å². The number of nitrogens with one attached hydrogen (secondary N) is 1. The molecule has 0 aromatic heterocycles. The number of benzene rings is 4. The normalized spacial score (nSPS) is 13.9. The molecule has 5 rings (SSSR count). The van der Waals surface area contributed by atoms with Crippen molar-refractivity contribution in [2.24, 2.45) is 0 Å². The second-order valence-corrected chi connectivity index (χ2v) is 11.5. The molecule has 1 aliphatic rings. The highest BCUT2D eigenvalue weighted by Crippen LogP contribution is 2.39. The first kappa shape index (κ1) is 30.2. The Morgan fingerprint density at radius 1 is 0.953 bits per heavy atom. The van der Waals surface area contributed by atoms with Crippen molar-refractivity contribution in [3.8, 4) is 17.2 Å². The number of halogens is 1. The number of fused-ring (bicyclic) bond motifs is 1. The van der Waals surface area contributed by atoms with Crippen LogP contribution in [0.4, 0.5) is 10.5 Å². The van der Waals surface area contributed by atoms with Gasteiger partial charge in [0, 0.05) is 11.1 Å². The van der Waals surface area contributed by atoms with Crippen LogP contribution in [0.15, 0.2) is 88.2 Å². The van der Waals surface area contributed by atoms with Crippen molar-refractivity contribution in [1.82, 2.24) is 4.90 Å². The molecule has 1 heterocycles. The Morgan fingerprint density at radius 2 is 1.74 bits per heavy atom. The number of ether oxygens (including phenoxy) is 3. The summed E-state index contributed by atoms with van der Waals surface area (Å²) in [6.07, 6.45) is 1.64. The molecule has 4 aromatic rings. The van der Waals surface area contributed by atoms with Gasteiger partial charge in [0.25, 0.3) is 17.1 Å². The quantitative estimate of drug-likeness (QED) is 0.167. The van der Waals surface area contributed by atoms with Crippen molar-refractivity contribution in [2.45, 2.75) is 13.8 Å². The largest absolute Gasteiger partial charge is 0.491 e. The molecule has 0 unspecified atom stereocenters. The molecule has 1 aliphatic heterocycles. The SMILES string of the molecule is CCOc1cc(/C=C2\SC(=O)N(CCOc3cccc4ccccc34)C2=O)cc(Br)c1OCC(=O)Nc1cccc(C)c1. The molecule has 220 valence electrons. The summed E-state index contributed by atoms with van der Waals surface area (Å²) in [5.41, 5.74) is 2.34. The molecule has 0 saturated carbocycles. The third-order valence-electron chi connectivity index (χ3n) is 6.47. The lowest BCUT2D eigenvalue weighted by Gasteiger charge is -2.15.